The van der Waals surface area contributed by atoms with Gasteiger partial charge in [-0.15, -0.1) is 11.3 Å². The van der Waals surface area contributed by atoms with Crippen molar-refractivity contribution < 1.29 is 38.2 Å². The number of hydrogen-bond donors (Lipinski definition) is 1. The number of hydrogen-bond acceptors (Lipinski definition) is 12. The molecule has 272 valence electrons. The molecule has 0 aliphatic heterocycles. The molecule has 0 saturated heterocycles. The third-order valence-corrected chi connectivity index (χ3v) is 8.43. The molecule has 1 N–H and O–H groups in total. The summed E-state index contributed by atoms with van der Waals surface area (Å²) >= 11 is 7.26. The Balaban J connectivity index is 1.55. The van der Waals surface area contributed by atoms with Crippen LogP contribution in [0.15, 0.2) is 120 Å². The highest BCUT2D eigenvalue weighted by Gasteiger charge is 2.37. The second-order valence-corrected chi connectivity index (χ2v) is 13.8. The van der Waals surface area contributed by atoms with E-state index in [1.54, 1.807) is 26.2 Å². The van der Waals surface area contributed by atoms with Crippen LogP contribution < -0.4 is 14.8 Å². The minimum atomic E-state index is -1.58. The third kappa shape index (κ3) is 9.53. The summed E-state index contributed by atoms with van der Waals surface area (Å²) in [7, 11) is 0. The number of nitrogens with zero attached hydrogens (tertiary/aromatic N) is 2. The van der Waals surface area contributed by atoms with Gasteiger partial charge in [0, 0.05) is 24.8 Å². The van der Waals surface area contributed by atoms with Crippen LogP contribution in [-0.2, 0) is 34.3 Å². The molecule has 0 bridgehead atoms. The second kappa shape index (κ2) is 16.7. The number of rotatable bonds is 13. The fourth-order valence-corrected chi connectivity index (χ4v) is 6.31. The van der Waals surface area contributed by atoms with Gasteiger partial charge in [0.05, 0.1) is 0 Å². The molecular formula is C40H36ClN3O8S. The molecule has 0 amide bonds. The van der Waals surface area contributed by atoms with Crippen molar-refractivity contribution >= 4 is 56.9 Å². The highest BCUT2D eigenvalue weighted by molar-refractivity contribution is 7.14. The van der Waals surface area contributed by atoms with Gasteiger partial charge in [-0.1, -0.05) is 102 Å². The van der Waals surface area contributed by atoms with Gasteiger partial charge in [0.25, 0.3) is 5.24 Å². The minimum Gasteiger partial charge on any atom is -0.457 e. The Morgan fingerprint density at radius 2 is 1.26 bits per heavy atom. The van der Waals surface area contributed by atoms with E-state index >= 15 is 0 Å². The normalized spacial score (nSPS) is 12.3. The molecule has 4 aromatic carbocycles. The Morgan fingerprint density at radius 1 is 0.755 bits per heavy atom. The molecule has 0 radical (unpaired) electrons. The lowest BCUT2D eigenvalue weighted by atomic mass is 9.77. The number of ether oxygens (including phenoxy) is 3. The predicted octanol–water partition coefficient (Wildman–Crippen LogP) is 7.97. The smallest absolute Gasteiger partial charge is 0.355 e. The molecule has 5 rings (SSSR count). The average molecular weight is 754 g/mol. The summed E-state index contributed by atoms with van der Waals surface area (Å²) in [6.07, 6.45) is -1.58. The van der Waals surface area contributed by atoms with E-state index in [4.69, 9.17) is 35.6 Å². The molecule has 1 aromatic heterocycles. The van der Waals surface area contributed by atoms with Gasteiger partial charge < -0.3 is 24.4 Å². The molecule has 1 unspecified atom stereocenters. The monoisotopic (exact) mass is 753 g/mol. The maximum Gasteiger partial charge on any atom is 0.355 e. The zero-order valence-corrected chi connectivity index (χ0v) is 31.1. The van der Waals surface area contributed by atoms with Gasteiger partial charge in [-0.25, -0.2) is 9.78 Å². The topological polar surface area (TPSA) is 142 Å². The van der Waals surface area contributed by atoms with Crippen LogP contribution in [0.25, 0.3) is 0 Å². The largest absolute Gasteiger partial charge is 0.457 e. The van der Waals surface area contributed by atoms with Crippen LogP contribution in [0.3, 0.4) is 0 Å². The Labute approximate surface area is 315 Å². The quantitative estimate of drug-likeness (QED) is 0.0314. The van der Waals surface area contributed by atoms with Gasteiger partial charge in [0.2, 0.25) is 6.10 Å². The molecular weight excluding hydrogens is 718 g/mol. The van der Waals surface area contributed by atoms with E-state index in [2.05, 4.69) is 10.5 Å². The summed E-state index contributed by atoms with van der Waals surface area (Å²) in [5.74, 6) is -2.47. The van der Waals surface area contributed by atoms with Gasteiger partial charge in [-0.2, -0.15) is 0 Å². The summed E-state index contributed by atoms with van der Waals surface area (Å²) in [6, 6.07) is 33.7. The van der Waals surface area contributed by atoms with E-state index in [9.17, 15) is 19.2 Å². The number of thiazole rings is 1. The summed E-state index contributed by atoms with van der Waals surface area (Å²) in [5, 5.41) is 8.68. The zero-order chi connectivity index (χ0) is 38.2. The van der Waals surface area contributed by atoms with Crippen LogP contribution in [0.4, 0.5) is 5.13 Å². The number of oxime groups is 1. The van der Waals surface area contributed by atoms with Crippen molar-refractivity contribution in [3.8, 4) is 11.5 Å². The molecule has 0 spiro atoms. The molecule has 5 aromatic rings. The van der Waals surface area contributed by atoms with Crippen LogP contribution in [0.5, 0.6) is 11.5 Å². The Hall–Kier alpha value is -5.85. The number of halogens is 1. The zero-order valence-electron chi connectivity index (χ0n) is 29.5. The van der Waals surface area contributed by atoms with Crippen LogP contribution in [0.1, 0.15) is 68.7 Å². The number of carbonyl (C=O) groups excluding carboxylic acids is 4. The number of benzene rings is 4. The lowest BCUT2D eigenvalue weighted by molar-refractivity contribution is -0.169. The van der Waals surface area contributed by atoms with E-state index in [1.807, 2.05) is 91.0 Å². The number of anilines is 1. The van der Waals surface area contributed by atoms with E-state index in [0.29, 0.717) is 5.13 Å². The molecule has 0 aliphatic carbocycles. The van der Waals surface area contributed by atoms with Crippen molar-refractivity contribution in [3.05, 3.63) is 143 Å². The molecule has 13 heteroatoms. The Bertz CT molecular complexity index is 2020. The van der Waals surface area contributed by atoms with Crippen LogP contribution in [-0.4, -0.2) is 39.4 Å². The number of carbonyl (C=O) groups is 4. The van der Waals surface area contributed by atoms with E-state index in [0.717, 1.165) is 23.6 Å². The first kappa shape index (κ1) is 38.4. The Kier molecular flexibility index (Phi) is 12.1. The lowest BCUT2D eigenvalue weighted by Gasteiger charge is -2.36. The first-order chi connectivity index (χ1) is 25.3. The summed E-state index contributed by atoms with van der Waals surface area (Å²) in [5.41, 5.74) is 0.768. The molecule has 1 atom stereocenters. The number of esters is 3. The summed E-state index contributed by atoms with van der Waals surface area (Å²) in [6.45, 7) is 7.34. The van der Waals surface area contributed by atoms with Gasteiger partial charge in [-0.05, 0) is 61.2 Å². The molecule has 53 heavy (non-hydrogen) atoms. The van der Waals surface area contributed by atoms with Crippen molar-refractivity contribution in [1.29, 1.82) is 0 Å². The van der Waals surface area contributed by atoms with Gasteiger partial charge in [0.1, 0.15) is 16.8 Å². The van der Waals surface area contributed by atoms with Crippen molar-refractivity contribution in [3.63, 3.8) is 0 Å². The average Bonchev–Trinajstić information content (AvgIpc) is 3.57. The number of nitrogens with one attached hydrogen (secondary N) is 1. The van der Waals surface area contributed by atoms with Crippen molar-refractivity contribution in [2.24, 2.45) is 5.16 Å². The molecule has 11 nitrogen and oxygen atoms in total. The van der Waals surface area contributed by atoms with E-state index < -0.39 is 40.4 Å². The number of aromatic nitrogens is 1. The molecule has 0 aliphatic rings. The summed E-state index contributed by atoms with van der Waals surface area (Å²) < 4.78 is 16.0. The predicted molar refractivity (Wildman–Crippen MR) is 201 cm³/mol. The highest BCUT2D eigenvalue weighted by atomic mass is 35.5. The first-order valence-electron chi connectivity index (χ1n) is 16.3. The van der Waals surface area contributed by atoms with Gasteiger partial charge >= 0.3 is 17.9 Å². The molecule has 0 fully saturated rings. The van der Waals surface area contributed by atoms with Crippen molar-refractivity contribution in [2.75, 3.05) is 5.32 Å². The Morgan fingerprint density at radius 3 is 1.74 bits per heavy atom. The van der Waals surface area contributed by atoms with Crippen LogP contribution >= 0.6 is 22.9 Å². The lowest BCUT2D eigenvalue weighted by Crippen LogP contribution is -2.38. The van der Waals surface area contributed by atoms with Gasteiger partial charge in [0.15, 0.2) is 22.3 Å². The highest BCUT2D eigenvalue weighted by Crippen LogP contribution is 2.41. The van der Waals surface area contributed by atoms with E-state index in [-0.39, 0.29) is 28.5 Å². The van der Waals surface area contributed by atoms with Crippen LogP contribution in [0, 0.1) is 0 Å². The van der Waals surface area contributed by atoms with E-state index in [1.165, 1.54) is 36.5 Å². The first-order valence-corrected chi connectivity index (χ1v) is 17.6. The van der Waals surface area contributed by atoms with Crippen molar-refractivity contribution in [2.45, 2.75) is 51.9 Å². The SMILES string of the molecule is CC(=O)Oc1ccc(C(O/N=C(\C(=O)Cl)c2csc(NC(c3ccccc3)(c3ccccc3)c3ccccc3)n2)C(=O)OC(C)(C)C)cc1OC(C)=O. The minimum absolute atomic E-state index is 0.0698. The van der Waals surface area contributed by atoms with Gasteiger partial charge in [-0.3, -0.25) is 14.4 Å². The maximum atomic E-state index is 13.5. The third-order valence-electron chi connectivity index (χ3n) is 7.50. The molecule has 1 heterocycles. The molecule has 0 saturated carbocycles. The van der Waals surface area contributed by atoms with Crippen LogP contribution in [0.2, 0.25) is 0 Å². The standard InChI is InChI=1S/C40H36ClN3O8S/c1-25(45)49-32-22-21-27(23-33(32)50-26(2)46)35(37(48)51-39(3,4)5)52-44-34(36(41)47)31-24-53-38(42-31)43-40(28-15-9-6-10-16-28,29-17-11-7-12-18-29)30-19-13-8-14-20-30/h6-24,35H,1-5H3,(H,42,43)/b44-34-. The second-order valence-electron chi connectivity index (χ2n) is 12.6. The van der Waals surface area contributed by atoms with Crippen molar-refractivity contribution in [1.82, 2.24) is 4.98 Å². The fourth-order valence-electron chi connectivity index (χ4n) is 5.43. The maximum absolute atomic E-state index is 13.5. The summed E-state index contributed by atoms with van der Waals surface area (Å²) in [4.78, 5) is 60.3. The fraction of sp³-hybridized carbons (Fsp3) is 0.200.